The zero-order chi connectivity index (χ0) is 22.1. The normalized spacial score (nSPS) is 15.7. The molecule has 0 saturated carbocycles. The van der Waals surface area contributed by atoms with Crippen molar-refractivity contribution in [1.82, 2.24) is 10.2 Å². The lowest BCUT2D eigenvalue weighted by Crippen LogP contribution is -2.39. The van der Waals surface area contributed by atoms with Crippen LogP contribution in [0.15, 0.2) is 88.3 Å². The van der Waals surface area contributed by atoms with Gasteiger partial charge in [-0.05, 0) is 30.3 Å². The van der Waals surface area contributed by atoms with Gasteiger partial charge in [0.1, 0.15) is 5.82 Å². The Balaban J connectivity index is 1.52. The molecule has 1 N–H and O–H groups in total. The van der Waals surface area contributed by atoms with E-state index in [0.717, 1.165) is 16.8 Å². The number of hydrogen-bond acceptors (Lipinski definition) is 6. The number of fused-ring (bicyclic) bond motifs is 1. The van der Waals surface area contributed by atoms with Crippen LogP contribution in [0, 0.1) is 5.82 Å². The van der Waals surface area contributed by atoms with Crippen LogP contribution in [0.4, 0.5) is 16.1 Å². The summed E-state index contributed by atoms with van der Waals surface area (Å²) in [7, 11) is 1.71. The molecule has 7 nitrogen and oxygen atoms in total. The fraction of sp³-hybridized carbons (Fsp3) is 0.0833. The average molecular weight is 427 g/mol. The maximum atomic E-state index is 13.2. The molecule has 5 rings (SSSR count). The number of carbonyl (C=O) groups is 1. The minimum atomic E-state index is -0.982. The number of aromatic nitrogens is 2. The number of rotatable bonds is 4. The van der Waals surface area contributed by atoms with Crippen molar-refractivity contribution in [2.75, 3.05) is 17.3 Å². The molecule has 0 radical (unpaired) electrons. The Bertz CT molecular complexity index is 1300. The van der Waals surface area contributed by atoms with Crippen molar-refractivity contribution in [3.8, 4) is 11.5 Å². The molecular formula is C24H18FN5O2. The Kier molecular flexibility index (Phi) is 4.95. The number of nitrogens with one attached hydrogen (secondary N) is 1. The van der Waals surface area contributed by atoms with E-state index in [9.17, 15) is 9.18 Å². The molecule has 8 heteroatoms. The Hall–Kier alpha value is -4.33. The van der Waals surface area contributed by atoms with Crippen molar-refractivity contribution < 1.29 is 13.6 Å². The van der Waals surface area contributed by atoms with Gasteiger partial charge in [-0.25, -0.2) is 9.38 Å². The van der Waals surface area contributed by atoms with Crippen molar-refractivity contribution in [1.29, 1.82) is 0 Å². The Morgan fingerprint density at radius 3 is 2.41 bits per heavy atom. The third-order valence-corrected chi connectivity index (χ3v) is 5.17. The largest absolute Gasteiger partial charge is 0.403 e. The van der Waals surface area contributed by atoms with Crippen LogP contribution < -0.4 is 10.2 Å². The molecule has 1 amide bonds. The fourth-order valence-corrected chi connectivity index (χ4v) is 3.55. The van der Waals surface area contributed by atoms with Crippen molar-refractivity contribution in [2.45, 2.75) is 6.17 Å². The molecule has 0 bridgehead atoms. The summed E-state index contributed by atoms with van der Waals surface area (Å²) in [5.74, 6) is -0.427. The maximum Gasteiger partial charge on any atom is 0.317 e. The topological polar surface area (TPSA) is 83.6 Å². The highest BCUT2D eigenvalue weighted by Gasteiger charge is 2.31. The molecule has 0 fully saturated rings. The number of anilines is 2. The zero-order valence-corrected chi connectivity index (χ0v) is 17.1. The molecule has 158 valence electrons. The number of hydrogen-bond donors (Lipinski definition) is 1. The monoisotopic (exact) mass is 427 g/mol. The number of aliphatic imine (C=N–C) groups is 1. The van der Waals surface area contributed by atoms with Crippen molar-refractivity contribution in [3.63, 3.8) is 0 Å². The Labute approximate surface area is 183 Å². The third-order valence-electron chi connectivity index (χ3n) is 5.17. The first-order valence-electron chi connectivity index (χ1n) is 9.96. The standard InChI is InChI=1S/C24H18FN5O2/c1-30-19-10-6-5-9-18(19)20(15-7-3-2-4-8-15)26-21(23(30)31)27-24-29-28-22(32-24)16-11-13-17(25)14-12-16/h2-14,21H,1H3,(H,27,29)/t21-/m1/s1. The molecule has 0 saturated heterocycles. The van der Waals surface area contributed by atoms with Crippen LogP contribution in [-0.4, -0.2) is 35.0 Å². The third kappa shape index (κ3) is 3.62. The number of carbonyl (C=O) groups excluding carboxylic acids is 1. The van der Waals surface area contributed by atoms with Crippen LogP contribution in [0.5, 0.6) is 0 Å². The van der Waals surface area contributed by atoms with E-state index in [-0.39, 0.29) is 23.6 Å². The lowest BCUT2D eigenvalue weighted by Gasteiger charge is -2.20. The van der Waals surface area contributed by atoms with Gasteiger partial charge in [0, 0.05) is 23.7 Å². The van der Waals surface area contributed by atoms with Crippen LogP contribution in [0.25, 0.3) is 11.5 Å². The van der Waals surface area contributed by atoms with Gasteiger partial charge in [0.2, 0.25) is 12.1 Å². The van der Waals surface area contributed by atoms with E-state index in [1.807, 2.05) is 54.6 Å². The van der Waals surface area contributed by atoms with Crippen LogP contribution in [0.2, 0.25) is 0 Å². The second kappa shape index (κ2) is 8.07. The maximum absolute atomic E-state index is 13.2. The minimum Gasteiger partial charge on any atom is -0.403 e. The first-order valence-corrected chi connectivity index (χ1v) is 9.96. The SMILES string of the molecule is CN1C(=O)[C@@H](Nc2nnc(-c3ccc(F)cc3)o2)N=C(c2ccccc2)c2ccccc21. The number of para-hydroxylation sites is 1. The van der Waals surface area contributed by atoms with E-state index in [2.05, 4.69) is 15.5 Å². The quantitative estimate of drug-likeness (QED) is 0.530. The van der Waals surface area contributed by atoms with E-state index < -0.39 is 6.17 Å². The highest BCUT2D eigenvalue weighted by Crippen LogP contribution is 2.28. The summed E-state index contributed by atoms with van der Waals surface area (Å²) in [6.07, 6.45) is -0.982. The van der Waals surface area contributed by atoms with Gasteiger partial charge >= 0.3 is 6.01 Å². The molecule has 1 atom stereocenters. The number of amides is 1. The smallest absolute Gasteiger partial charge is 0.317 e. The van der Waals surface area contributed by atoms with Gasteiger partial charge in [-0.1, -0.05) is 53.6 Å². The number of benzodiazepines with no additional fused rings is 1. The summed E-state index contributed by atoms with van der Waals surface area (Å²) in [5.41, 5.74) is 3.72. The molecule has 32 heavy (non-hydrogen) atoms. The Morgan fingerprint density at radius 1 is 0.906 bits per heavy atom. The highest BCUT2D eigenvalue weighted by atomic mass is 19.1. The van der Waals surface area contributed by atoms with Gasteiger partial charge in [0.05, 0.1) is 11.4 Å². The van der Waals surface area contributed by atoms with Crippen molar-refractivity contribution in [3.05, 3.63) is 95.8 Å². The van der Waals surface area contributed by atoms with E-state index in [1.165, 1.54) is 12.1 Å². The van der Waals surface area contributed by atoms with E-state index in [0.29, 0.717) is 11.3 Å². The zero-order valence-electron chi connectivity index (χ0n) is 17.1. The Morgan fingerprint density at radius 2 is 1.62 bits per heavy atom. The molecular weight excluding hydrogens is 409 g/mol. The molecule has 3 aromatic carbocycles. The first kappa shape index (κ1) is 19.6. The predicted octanol–water partition coefficient (Wildman–Crippen LogP) is 4.13. The van der Waals surface area contributed by atoms with Gasteiger partial charge in [0.25, 0.3) is 5.91 Å². The van der Waals surface area contributed by atoms with Gasteiger partial charge in [0.15, 0.2) is 0 Å². The van der Waals surface area contributed by atoms with Gasteiger partial charge in [-0.15, -0.1) is 5.10 Å². The van der Waals surface area contributed by atoms with Gasteiger partial charge in [-0.3, -0.25) is 4.79 Å². The molecule has 4 aromatic rings. The van der Waals surface area contributed by atoms with Crippen LogP contribution in [0.1, 0.15) is 11.1 Å². The lowest BCUT2D eigenvalue weighted by molar-refractivity contribution is -0.118. The second-order valence-electron chi connectivity index (χ2n) is 7.22. The summed E-state index contributed by atoms with van der Waals surface area (Å²) in [5, 5.41) is 10.9. The number of benzene rings is 3. The van der Waals surface area contributed by atoms with Gasteiger partial charge < -0.3 is 14.6 Å². The summed E-state index contributed by atoms with van der Waals surface area (Å²) < 4.78 is 18.8. The van der Waals surface area contributed by atoms with Crippen LogP contribution in [0.3, 0.4) is 0 Å². The molecule has 0 spiro atoms. The number of likely N-dealkylation sites (N-methyl/N-ethyl adjacent to an activating group) is 1. The minimum absolute atomic E-state index is 0.0400. The number of halogens is 1. The first-order chi connectivity index (χ1) is 15.6. The summed E-state index contributed by atoms with van der Waals surface area (Å²) >= 11 is 0. The van der Waals surface area contributed by atoms with E-state index >= 15 is 0 Å². The highest BCUT2D eigenvalue weighted by molar-refractivity contribution is 6.20. The molecule has 0 unspecified atom stereocenters. The molecule has 2 heterocycles. The summed E-state index contributed by atoms with van der Waals surface area (Å²) in [4.78, 5) is 19.5. The second-order valence-corrected chi connectivity index (χ2v) is 7.22. The van der Waals surface area contributed by atoms with E-state index in [4.69, 9.17) is 9.41 Å². The lowest BCUT2D eigenvalue weighted by atomic mass is 10.0. The summed E-state index contributed by atoms with van der Waals surface area (Å²) in [6, 6.07) is 23.0. The van der Waals surface area contributed by atoms with Crippen molar-refractivity contribution >= 4 is 23.3 Å². The van der Waals surface area contributed by atoms with Crippen molar-refractivity contribution in [2.24, 2.45) is 4.99 Å². The summed E-state index contributed by atoms with van der Waals surface area (Å²) in [6.45, 7) is 0. The predicted molar refractivity (Wildman–Crippen MR) is 119 cm³/mol. The van der Waals surface area contributed by atoms with Crippen LogP contribution in [-0.2, 0) is 4.79 Å². The molecule has 0 aliphatic carbocycles. The van der Waals surface area contributed by atoms with Gasteiger partial charge in [-0.2, -0.15) is 0 Å². The molecule has 1 aliphatic rings. The molecule has 1 aliphatic heterocycles. The fourth-order valence-electron chi connectivity index (χ4n) is 3.55. The van der Waals surface area contributed by atoms with E-state index in [1.54, 1.807) is 24.1 Å². The van der Waals surface area contributed by atoms with Crippen LogP contribution >= 0.6 is 0 Å². The number of nitrogens with zero attached hydrogens (tertiary/aromatic N) is 4. The molecule has 1 aromatic heterocycles. The average Bonchev–Trinajstić information content (AvgIpc) is 3.27.